The Morgan fingerprint density at radius 2 is 1.50 bits per heavy atom. The largest absolute Gasteiger partial charge is 0.419 e. The molecule has 0 aromatic heterocycles. The summed E-state index contributed by atoms with van der Waals surface area (Å²) in [5, 5.41) is 0. The smallest absolute Gasteiger partial charge is 0.293 e. The first-order valence-corrected chi connectivity index (χ1v) is 8.28. The highest BCUT2D eigenvalue weighted by Crippen LogP contribution is 2.46. The molecule has 0 saturated carbocycles. The van der Waals surface area contributed by atoms with Crippen LogP contribution in [0.25, 0.3) is 0 Å². The van der Waals surface area contributed by atoms with E-state index >= 15 is 0 Å². The van der Waals surface area contributed by atoms with Crippen LogP contribution in [-0.4, -0.2) is 26.4 Å². The number of sulfonamides is 1. The molecule has 1 N–H and O–H groups in total. The van der Waals surface area contributed by atoms with Crippen molar-refractivity contribution in [3.8, 4) is 0 Å². The number of hydrogen-bond acceptors (Lipinski definition) is 5. The molecule has 6 nitrogen and oxygen atoms in total. The van der Waals surface area contributed by atoms with E-state index in [2.05, 4.69) is 0 Å². The van der Waals surface area contributed by atoms with Gasteiger partial charge in [0.1, 0.15) is 0 Å². The van der Waals surface area contributed by atoms with Crippen LogP contribution in [0.3, 0.4) is 0 Å². The van der Waals surface area contributed by atoms with Gasteiger partial charge in [0.2, 0.25) is 10.0 Å². The second kappa shape index (κ2) is 6.12. The molecule has 0 aromatic carbocycles. The molecule has 0 atom stereocenters. The third-order valence-corrected chi connectivity index (χ3v) is 5.50. The Morgan fingerprint density at radius 1 is 1.12 bits per heavy atom. The quantitative estimate of drug-likeness (QED) is 0.716. The Bertz CT molecular complexity index is 337. The van der Waals surface area contributed by atoms with Crippen molar-refractivity contribution < 1.29 is 22.0 Å². The normalized spacial score (nSPS) is 13.7. The second-order valence-electron chi connectivity index (χ2n) is 3.80. The predicted molar refractivity (Wildman–Crippen MR) is 62.6 cm³/mol. The van der Waals surface area contributed by atoms with Gasteiger partial charge in [-0.25, -0.2) is 13.0 Å². The first-order valence-electron chi connectivity index (χ1n) is 5.09. The van der Waals surface area contributed by atoms with Crippen molar-refractivity contribution in [2.75, 3.05) is 5.75 Å². The topological polar surface area (TPSA) is 81.7 Å². The molecule has 0 fully saturated rings. The lowest BCUT2D eigenvalue weighted by Crippen LogP contribution is -2.27. The SMILES string of the molecule is CCS(=O)(=O)NP(=O)(OC(C)C)OC(C)C. The molecule has 0 bridgehead atoms. The third-order valence-electron chi connectivity index (χ3n) is 1.33. The fourth-order valence-electron chi connectivity index (χ4n) is 0.858. The Labute approximate surface area is 97.4 Å². The van der Waals surface area contributed by atoms with Crippen molar-refractivity contribution in [3.05, 3.63) is 0 Å². The Balaban J connectivity index is 4.88. The van der Waals surface area contributed by atoms with E-state index in [-0.39, 0.29) is 5.75 Å². The van der Waals surface area contributed by atoms with Crippen LogP contribution in [0.4, 0.5) is 0 Å². The minimum absolute atomic E-state index is 0.181. The summed E-state index contributed by atoms with van der Waals surface area (Å²) in [7, 11) is -7.44. The molecule has 8 heteroatoms. The van der Waals surface area contributed by atoms with Crippen LogP contribution in [0.1, 0.15) is 34.6 Å². The van der Waals surface area contributed by atoms with E-state index in [0.717, 1.165) is 0 Å². The molecule has 0 spiro atoms. The van der Waals surface area contributed by atoms with Crippen LogP contribution in [0.2, 0.25) is 0 Å². The molecule has 0 radical (unpaired) electrons. The number of rotatable bonds is 7. The Morgan fingerprint density at radius 3 is 1.75 bits per heavy atom. The van der Waals surface area contributed by atoms with E-state index < -0.39 is 30.0 Å². The first kappa shape index (κ1) is 16.1. The van der Waals surface area contributed by atoms with Crippen molar-refractivity contribution in [1.29, 1.82) is 0 Å². The van der Waals surface area contributed by atoms with Gasteiger partial charge in [-0.2, -0.15) is 0 Å². The van der Waals surface area contributed by atoms with E-state index in [1.165, 1.54) is 6.92 Å². The van der Waals surface area contributed by atoms with Gasteiger partial charge in [-0.15, -0.1) is 4.49 Å². The van der Waals surface area contributed by atoms with Gasteiger partial charge in [-0.05, 0) is 34.6 Å². The highest BCUT2D eigenvalue weighted by atomic mass is 32.2. The van der Waals surface area contributed by atoms with Crippen LogP contribution < -0.4 is 4.49 Å². The van der Waals surface area contributed by atoms with Crippen LogP contribution >= 0.6 is 7.75 Å². The van der Waals surface area contributed by atoms with Crippen molar-refractivity contribution in [2.45, 2.75) is 46.8 Å². The van der Waals surface area contributed by atoms with Crippen LogP contribution in [0, 0.1) is 0 Å². The molecular formula is C8H20NO5PS. The average Bonchev–Trinajstić information content (AvgIpc) is 1.98. The first-order chi connectivity index (χ1) is 7.10. The Kier molecular flexibility index (Phi) is 6.14. The summed E-state index contributed by atoms with van der Waals surface area (Å²) in [4.78, 5) is 0. The lowest BCUT2D eigenvalue weighted by Gasteiger charge is -2.22. The van der Waals surface area contributed by atoms with Crippen LogP contribution in [0.5, 0.6) is 0 Å². The van der Waals surface area contributed by atoms with E-state index in [1.54, 1.807) is 27.7 Å². The summed E-state index contributed by atoms with van der Waals surface area (Å²) in [6, 6.07) is 0. The van der Waals surface area contributed by atoms with Gasteiger partial charge in [0.05, 0.1) is 18.0 Å². The van der Waals surface area contributed by atoms with Gasteiger partial charge in [0, 0.05) is 0 Å². The molecule has 0 aliphatic carbocycles. The molecule has 16 heavy (non-hydrogen) atoms. The van der Waals surface area contributed by atoms with Gasteiger partial charge < -0.3 is 0 Å². The summed E-state index contributed by atoms with van der Waals surface area (Å²) >= 11 is 0. The molecule has 0 saturated heterocycles. The van der Waals surface area contributed by atoms with E-state index in [1.807, 2.05) is 4.49 Å². The highest BCUT2D eigenvalue weighted by molar-refractivity contribution is 7.94. The molecule has 0 amide bonds. The lowest BCUT2D eigenvalue weighted by atomic mass is 10.5. The molecular weight excluding hydrogens is 253 g/mol. The van der Waals surface area contributed by atoms with Crippen molar-refractivity contribution in [3.63, 3.8) is 0 Å². The van der Waals surface area contributed by atoms with Gasteiger partial charge in [0.15, 0.2) is 0 Å². The zero-order chi connectivity index (χ0) is 13.0. The highest BCUT2D eigenvalue weighted by Gasteiger charge is 2.32. The maximum Gasteiger partial charge on any atom is 0.419 e. The fourth-order valence-corrected chi connectivity index (χ4v) is 4.24. The van der Waals surface area contributed by atoms with E-state index in [9.17, 15) is 13.0 Å². The van der Waals surface area contributed by atoms with E-state index in [0.29, 0.717) is 0 Å². The van der Waals surface area contributed by atoms with Gasteiger partial charge in [-0.1, -0.05) is 0 Å². The molecule has 0 aliphatic rings. The maximum atomic E-state index is 12.1. The second-order valence-corrected chi connectivity index (χ2v) is 7.75. The number of hydrogen-bond donors (Lipinski definition) is 1. The standard InChI is InChI=1S/C8H20NO5PS/c1-6-16(11,12)9-15(10,13-7(2)3)14-8(4)5/h7-8H,6H2,1-5H3,(H,9,10). The molecule has 98 valence electrons. The summed E-state index contributed by atoms with van der Waals surface area (Å²) in [5.74, 6) is -0.181. The van der Waals surface area contributed by atoms with Gasteiger partial charge in [0.25, 0.3) is 0 Å². The molecule has 0 heterocycles. The molecule has 0 aromatic rings. The Hall–Kier alpha value is 0.0600. The van der Waals surface area contributed by atoms with Gasteiger partial charge >= 0.3 is 7.75 Å². The van der Waals surface area contributed by atoms with Gasteiger partial charge in [-0.3, -0.25) is 9.05 Å². The maximum absolute atomic E-state index is 12.1. The monoisotopic (exact) mass is 273 g/mol. The molecule has 0 rings (SSSR count). The summed E-state index contributed by atoms with van der Waals surface area (Å²) < 4.78 is 46.8. The van der Waals surface area contributed by atoms with E-state index in [4.69, 9.17) is 9.05 Å². The third kappa shape index (κ3) is 6.60. The van der Waals surface area contributed by atoms with Crippen LogP contribution in [0.15, 0.2) is 0 Å². The van der Waals surface area contributed by atoms with Crippen molar-refractivity contribution in [1.82, 2.24) is 4.49 Å². The van der Waals surface area contributed by atoms with Crippen LogP contribution in [-0.2, 0) is 23.6 Å². The van der Waals surface area contributed by atoms with Crippen molar-refractivity contribution in [2.24, 2.45) is 0 Å². The fraction of sp³-hybridized carbons (Fsp3) is 1.00. The molecule has 0 unspecified atom stereocenters. The minimum atomic E-state index is -3.81. The lowest BCUT2D eigenvalue weighted by molar-refractivity contribution is 0.140. The minimum Gasteiger partial charge on any atom is -0.293 e. The molecule has 0 aliphatic heterocycles. The number of nitrogens with one attached hydrogen (secondary N) is 1. The summed E-state index contributed by atoms with van der Waals surface area (Å²) in [6.45, 7) is 8.04. The average molecular weight is 273 g/mol. The summed E-state index contributed by atoms with van der Waals surface area (Å²) in [5.41, 5.74) is 0. The zero-order valence-corrected chi connectivity index (χ0v) is 12.0. The van der Waals surface area contributed by atoms with Crippen molar-refractivity contribution >= 4 is 17.8 Å². The predicted octanol–water partition coefficient (Wildman–Crippen LogP) is 1.88. The summed E-state index contributed by atoms with van der Waals surface area (Å²) in [6.07, 6.45) is -0.798. The zero-order valence-electron chi connectivity index (χ0n) is 10.3.